The first-order valence-electron chi connectivity index (χ1n) is 7.37. The molecule has 1 fully saturated rings. The van der Waals surface area contributed by atoms with Crippen LogP contribution < -0.4 is 5.32 Å². The molecule has 0 bridgehead atoms. The van der Waals surface area contributed by atoms with Gasteiger partial charge in [-0.25, -0.2) is 0 Å². The second kappa shape index (κ2) is 6.91. The van der Waals surface area contributed by atoms with Crippen molar-refractivity contribution in [2.45, 2.75) is 45.2 Å². The van der Waals surface area contributed by atoms with E-state index in [1.165, 1.54) is 31.4 Å². The highest BCUT2D eigenvalue weighted by Crippen LogP contribution is 2.21. The lowest BCUT2D eigenvalue weighted by Crippen LogP contribution is -2.52. The Morgan fingerprint density at radius 3 is 2.61 bits per heavy atom. The smallest absolute Gasteiger partial charge is 0.0449 e. The van der Waals surface area contributed by atoms with Crippen LogP contribution in [0.2, 0.25) is 0 Å². The molecule has 1 saturated heterocycles. The number of rotatable bonds is 5. The minimum absolute atomic E-state index is 0.505. The van der Waals surface area contributed by atoms with E-state index in [0.29, 0.717) is 6.04 Å². The van der Waals surface area contributed by atoms with Gasteiger partial charge in [0.05, 0.1) is 0 Å². The molecule has 0 saturated carbocycles. The van der Waals surface area contributed by atoms with Crippen molar-refractivity contribution in [3.05, 3.63) is 35.9 Å². The fourth-order valence-electron chi connectivity index (χ4n) is 2.94. The molecule has 1 aromatic carbocycles. The highest BCUT2D eigenvalue weighted by atomic mass is 15.2. The van der Waals surface area contributed by atoms with Crippen LogP contribution in [0.5, 0.6) is 0 Å². The van der Waals surface area contributed by atoms with Crippen molar-refractivity contribution in [2.75, 3.05) is 19.6 Å². The van der Waals surface area contributed by atoms with Crippen molar-refractivity contribution >= 4 is 0 Å². The molecule has 1 N–H and O–H groups in total. The zero-order chi connectivity index (χ0) is 12.8. The average molecular weight is 246 g/mol. The van der Waals surface area contributed by atoms with E-state index in [2.05, 4.69) is 54.4 Å². The van der Waals surface area contributed by atoms with Crippen molar-refractivity contribution in [3.63, 3.8) is 0 Å². The third-order valence-corrected chi connectivity index (χ3v) is 3.87. The summed E-state index contributed by atoms with van der Waals surface area (Å²) in [4.78, 5) is 2.68. The maximum absolute atomic E-state index is 3.72. The van der Waals surface area contributed by atoms with Gasteiger partial charge in [0.2, 0.25) is 0 Å². The van der Waals surface area contributed by atoms with Gasteiger partial charge in [-0.3, -0.25) is 4.90 Å². The molecular formula is C16H26N2. The van der Waals surface area contributed by atoms with Crippen LogP contribution in [0.3, 0.4) is 0 Å². The first-order valence-corrected chi connectivity index (χ1v) is 7.37. The molecule has 2 atom stereocenters. The first kappa shape index (κ1) is 13.6. The summed E-state index contributed by atoms with van der Waals surface area (Å²) in [6.07, 6.45) is 3.85. The Kier molecular flexibility index (Phi) is 5.21. The van der Waals surface area contributed by atoms with E-state index in [9.17, 15) is 0 Å². The van der Waals surface area contributed by atoms with Gasteiger partial charge < -0.3 is 5.32 Å². The van der Waals surface area contributed by atoms with E-state index < -0.39 is 0 Å². The average Bonchev–Trinajstić information content (AvgIpc) is 2.42. The molecule has 0 radical (unpaired) electrons. The van der Waals surface area contributed by atoms with Gasteiger partial charge in [-0.1, -0.05) is 50.6 Å². The molecule has 1 aliphatic rings. The Bertz CT molecular complexity index is 336. The maximum atomic E-state index is 3.72. The Hall–Kier alpha value is -0.860. The quantitative estimate of drug-likeness (QED) is 0.858. The van der Waals surface area contributed by atoms with Gasteiger partial charge in [0.25, 0.3) is 0 Å². The summed E-state index contributed by atoms with van der Waals surface area (Å²) in [5.74, 6) is 0. The molecular weight excluding hydrogens is 220 g/mol. The van der Waals surface area contributed by atoms with E-state index >= 15 is 0 Å². The third kappa shape index (κ3) is 3.33. The van der Waals surface area contributed by atoms with Crippen LogP contribution in [-0.4, -0.2) is 30.6 Å². The fraction of sp³-hybridized carbons (Fsp3) is 0.625. The second-order valence-corrected chi connectivity index (χ2v) is 5.31. The summed E-state index contributed by atoms with van der Waals surface area (Å²) in [5, 5.41) is 3.72. The van der Waals surface area contributed by atoms with Gasteiger partial charge in [-0.15, -0.1) is 0 Å². The van der Waals surface area contributed by atoms with Crippen LogP contribution >= 0.6 is 0 Å². The standard InChI is InChI=1S/C16H26N2/c1-3-8-15-12-17-16(13-18(15)11-4-2)14-9-6-5-7-10-14/h5-7,9-10,15-17H,3-4,8,11-13H2,1-2H3. The fourth-order valence-corrected chi connectivity index (χ4v) is 2.94. The van der Waals surface area contributed by atoms with E-state index in [-0.39, 0.29) is 0 Å². The Morgan fingerprint density at radius 2 is 1.94 bits per heavy atom. The molecule has 0 amide bonds. The summed E-state index contributed by atoms with van der Waals surface area (Å²) in [5.41, 5.74) is 1.42. The summed E-state index contributed by atoms with van der Waals surface area (Å²) in [6.45, 7) is 8.08. The predicted molar refractivity (Wildman–Crippen MR) is 77.7 cm³/mol. The van der Waals surface area contributed by atoms with Crippen LogP contribution in [0.1, 0.15) is 44.7 Å². The SMILES string of the molecule is CCCC1CNC(c2ccccc2)CN1CCC. The number of hydrogen-bond acceptors (Lipinski definition) is 2. The van der Waals surface area contributed by atoms with Gasteiger partial charge in [0.1, 0.15) is 0 Å². The predicted octanol–water partition coefficient (Wildman–Crippen LogP) is 3.21. The van der Waals surface area contributed by atoms with Crippen molar-refractivity contribution in [1.29, 1.82) is 0 Å². The van der Waals surface area contributed by atoms with Crippen molar-refractivity contribution in [3.8, 4) is 0 Å². The summed E-state index contributed by atoms with van der Waals surface area (Å²) in [7, 11) is 0. The second-order valence-electron chi connectivity index (χ2n) is 5.31. The first-order chi connectivity index (χ1) is 8.85. The molecule has 1 aromatic rings. The number of benzene rings is 1. The molecule has 2 nitrogen and oxygen atoms in total. The number of nitrogens with one attached hydrogen (secondary N) is 1. The Morgan fingerprint density at radius 1 is 1.17 bits per heavy atom. The van der Waals surface area contributed by atoms with Crippen molar-refractivity contribution in [1.82, 2.24) is 10.2 Å². The summed E-state index contributed by atoms with van der Waals surface area (Å²) < 4.78 is 0. The zero-order valence-corrected chi connectivity index (χ0v) is 11.7. The normalized spacial score (nSPS) is 25.2. The maximum Gasteiger partial charge on any atom is 0.0449 e. The topological polar surface area (TPSA) is 15.3 Å². The van der Waals surface area contributed by atoms with Crippen molar-refractivity contribution < 1.29 is 0 Å². The molecule has 1 heterocycles. The van der Waals surface area contributed by atoms with Crippen molar-refractivity contribution in [2.24, 2.45) is 0 Å². The molecule has 2 unspecified atom stereocenters. The molecule has 0 spiro atoms. The summed E-state index contributed by atoms with van der Waals surface area (Å²) in [6, 6.07) is 12.1. The summed E-state index contributed by atoms with van der Waals surface area (Å²) >= 11 is 0. The van der Waals surface area contributed by atoms with E-state index in [1.54, 1.807) is 0 Å². The van der Waals surface area contributed by atoms with Crippen LogP contribution in [0.15, 0.2) is 30.3 Å². The van der Waals surface area contributed by atoms with Gasteiger partial charge in [-0.05, 0) is 24.9 Å². The van der Waals surface area contributed by atoms with E-state index in [4.69, 9.17) is 0 Å². The number of hydrogen-bond donors (Lipinski definition) is 1. The Labute approximate surface area is 111 Å². The third-order valence-electron chi connectivity index (χ3n) is 3.87. The van der Waals surface area contributed by atoms with Crippen LogP contribution in [0.25, 0.3) is 0 Å². The van der Waals surface area contributed by atoms with Crippen LogP contribution in [-0.2, 0) is 0 Å². The largest absolute Gasteiger partial charge is 0.307 e. The highest BCUT2D eigenvalue weighted by molar-refractivity contribution is 5.20. The lowest BCUT2D eigenvalue weighted by molar-refractivity contribution is 0.123. The minimum Gasteiger partial charge on any atom is -0.307 e. The van der Waals surface area contributed by atoms with Gasteiger partial charge in [0, 0.05) is 25.2 Å². The minimum atomic E-state index is 0.505. The molecule has 1 aliphatic heterocycles. The van der Waals surface area contributed by atoms with Crippen LogP contribution in [0, 0.1) is 0 Å². The molecule has 0 aromatic heterocycles. The van der Waals surface area contributed by atoms with E-state index in [1.807, 2.05) is 0 Å². The molecule has 2 rings (SSSR count). The lowest BCUT2D eigenvalue weighted by atomic mass is 9.99. The highest BCUT2D eigenvalue weighted by Gasteiger charge is 2.27. The van der Waals surface area contributed by atoms with E-state index in [0.717, 1.165) is 19.1 Å². The van der Waals surface area contributed by atoms with Gasteiger partial charge >= 0.3 is 0 Å². The lowest BCUT2D eigenvalue weighted by Gasteiger charge is -2.40. The van der Waals surface area contributed by atoms with Gasteiger partial charge in [-0.2, -0.15) is 0 Å². The van der Waals surface area contributed by atoms with Gasteiger partial charge in [0.15, 0.2) is 0 Å². The molecule has 2 heteroatoms. The Balaban J connectivity index is 2.01. The number of piperazine rings is 1. The number of nitrogens with zero attached hydrogens (tertiary/aromatic N) is 1. The molecule has 0 aliphatic carbocycles. The monoisotopic (exact) mass is 246 g/mol. The van der Waals surface area contributed by atoms with Crippen LogP contribution in [0.4, 0.5) is 0 Å². The molecule has 100 valence electrons. The molecule has 18 heavy (non-hydrogen) atoms. The zero-order valence-electron chi connectivity index (χ0n) is 11.7.